The third-order valence-corrected chi connectivity index (χ3v) is 4.83. The van der Waals surface area contributed by atoms with Crippen molar-refractivity contribution in [2.75, 3.05) is 47.8 Å². The first-order chi connectivity index (χ1) is 11.3. The Bertz CT molecular complexity index is 523. The highest BCUT2D eigenvalue weighted by atomic mass is 16.3. The monoisotopic (exact) mass is 333 g/mol. The van der Waals surface area contributed by atoms with Crippen LogP contribution >= 0.6 is 0 Å². The zero-order valence-electron chi connectivity index (χ0n) is 15.4. The summed E-state index contributed by atoms with van der Waals surface area (Å²) in [6, 6.07) is 10.3. The molecule has 0 radical (unpaired) electrons. The minimum atomic E-state index is -0.666. The standard InChI is InChI=1S/C19H31N3O2/c1-20(2)15-19(24)10-12-22(13-11-19)18(23)14-17(21(3)4)16-8-6-5-7-9-16/h5-9,17,24H,10-15H2,1-4H3. The number of benzene rings is 1. The number of likely N-dealkylation sites (N-methyl/N-ethyl adjacent to an activating group) is 1. The van der Waals surface area contributed by atoms with Gasteiger partial charge in [-0.2, -0.15) is 0 Å². The zero-order valence-corrected chi connectivity index (χ0v) is 15.4. The van der Waals surface area contributed by atoms with Gasteiger partial charge in [-0.15, -0.1) is 0 Å². The number of likely N-dealkylation sites (tertiary alicyclic amines) is 1. The lowest BCUT2D eigenvalue weighted by molar-refractivity contribution is -0.137. The predicted octanol–water partition coefficient (Wildman–Crippen LogP) is 1.59. The van der Waals surface area contributed by atoms with Crippen molar-refractivity contribution in [1.82, 2.24) is 14.7 Å². The van der Waals surface area contributed by atoms with Crippen molar-refractivity contribution < 1.29 is 9.90 Å². The fourth-order valence-corrected chi connectivity index (χ4v) is 3.49. The van der Waals surface area contributed by atoms with E-state index in [1.54, 1.807) is 0 Å². The summed E-state index contributed by atoms with van der Waals surface area (Å²) in [6.45, 7) is 1.93. The van der Waals surface area contributed by atoms with E-state index in [2.05, 4.69) is 17.0 Å². The molecule has 1 N–H and O–H groups in total. The lowest BCUT2D eigenvalue weighted by atomic mass is 9.90. The number of nitrogens with zero attached hydrogens (tertiary/aromatic N) is 3. The highest BCUT2D eigenvalue weighted by Gasteiger charge is 2.34. The van der Waals surface area contributed by atoms with Gasteiger partial charge in [-0.25, -0.2) is 0 Å². The van der Waals surface area contributed by atoms with Crippen molar-refractivity contribution in [1.29, 1.82) is 0 Å². The van der Waals surface area contributed by atoms with Crippen LogP contribution in [0.5, 0.6) is 0 Å². The topological polar surface area (TPSA) is 47.0 Å². The van der Waals surface area contributed by atoms with Crippen molar-refractivity contribution in [3.63, 3.8) is 0 Å². The highest BCUT2D eigenvalue weighted by Crippen LogP contribution is 2.26. The first-order valence-corrected chi connectivity index (χ1v) is 8.67. The summed E-state index contributed by atoms with van der Waals surface area (Å²) < 4.78 is 0. The van der Waals surface area contributed by atoms with Gasteiger partial charge in [0.25, 0.3) is 0 Å². The maximum absolute atomic E-state index is 12.7. The van der Waals surface area contributed by atoms with Crippen LogP contribution in [-0.2, 0) is 4.79 Å². The van der Waals surface area contributed by atoms with E-state index in [1.165, 1.54) is 0 Å². The molecule has 0 bridgehead atoms. The van der Waals surface area contributed by atoms with E-state index < -0.39 is 5.60 Å². The van der Waals surface area contributed by atoms with Crippen LogP contribution in [0, 0.1) is 0 Å². The Kier molecular flexibility index (Phi) is 6.38. The molecule has 0 aliphatic carbocycles. The second-order valence-electron chi connectivity index (χ2n) is 7.44. The number of carbonyl (C=O) groups excluding carboxylic acids is 1. The molecule has 1 aliphatic rings. The minimum absolute atomic E-state index is 0.0845. The lowest BCUT2D eigenvalue weighted by Gasteiger charge is -2.40. The number of carbonyl (C=O) groups is 1. The minimum Gasteiger partial charge on any atom is -0.388 e. The SMILES string of the molecule is CN(C)CC1(O)CCN(C(=O)CC(c2ccccc2)N(C)C)CC1. The quantitative estimate of drug-likeness (QED) is 0.859. The van der Waals surface area contributed by atoms with Crippen LogP contribution in [-0.4, -0.2) is 79.1 Å². The largest absolute Gasteiger partial charge is 0.388 e. The van der Waals surface area contributed by atoms with Gasteiger partial charge in [0.15, 0.2) is 0 Å². The van der Waals surface area contributed by atoms with Crippen LogP contribution < -0.4 is 0 Å². The molecule has 1 saturated heterocycles. The third-order valence-electron chi connectivity index (χ3n) is 4.83. The molecule has 0 spiro atoms. The van der Waals surface area contributed by atoms with Gasteiger partial charge in [0.05, 0.1) is 5.60 Å². The van der Waals surface area contributed by atoms with Crippen molar-refractivity contribution >= 4 is 5.91 Å². The molecule has 1 unspecified atom stereocenters. The number of piperidine rings is 1. The summed E-state index contributed by atoms with van der Waals surface area (Å²) in [4.78, 5) is 18.7. The van der Waals surface area contributed by atoms with Crippen molar-refractivity contribution in [2.24, 2.45) is 0 Å². The Morgan fingerprint density at radius 2 is 1.75 bits per heavy atom. The molecule has 134 valence electrons. The van der Waals surface area contributed by atoms with Gasteiger partial charge < -0.3 is 19.8 Å². The molecule has 1 heterocycles. The van der Waals surface area contributed by atoms with Gasteiger partial charge in [-0.1, -0.05) is 30.3 Å². The fraction of sp³-hybridized carbons (Fsp3) is 0.632. The second-order valence-corrected chi connectivity index (χ2v) is 7.44. The van der Waals surface area contributed by atoms with Crippen LogP contribution in [0.4, 0.5) is 0 Å². The molecule has 5 heteroatoms. The number of amides is 1. The fourth-order valence-electron chi connectivity index (χ4n) is 3.49. The molecule has 1 aromatic rings. The van der Waals surface area contributed by atoms with Crippen LogP contribution in [0.2, 0.25) is 0 Å². The molecule has 5 nitrogen and oxygen atoms in total. The van der Waals surface area contributed by atoms with Gasteiger partial charge in [0.1, 0.15) is 0 Å². The summed E-state index contributed by atoms with van der Waals surface area (Å²) in [6.07, 6.45) is 1.77. The van der Waals surface area contributed by atoms with Crippen LogP contribution in [0.3, 0.4) is 0 Å². The molecule has 0 aromatic heterocycles. The lowest BCUT2D eigenvalue weighted by Crippen LogP contribution is -2.51. The van der Waals surface area contributed by atoms with Gasteiger partial charge >= 0.3 is 0 Å². The first-order valence-electron chi connectivity index (χ1n) is 8.67. The molecular weight excluding hydrogens is 302 g/mol. The van der Waals surface area contributed by atoms with Crippen molar-refractivity contribution in [3.05, 3.63) is 35.9 Å². The van der Waals surface area contributed by atoms with E-state index in [4.69, 9.17) is 0 Å². The number of hydrogen-bond donors (Lipinski definition) is 1. The molecule has 2 rings (SSSR count). The number of hydrogen-bond acceptors (Lipinski definition) is 4. The summed E-state index contributed by atoms with van der Waals surface area (Å²) in [5, 5.41) is 10.6. The summed E-state index contributed by atoms with van der Waals surface area (Å²) in [5.41, 5.74) is 0.498. The van der Waals surface area contributed by atoms with Crippen molar-refractivity contribution in [2.45, 2.75) is 30.9 Å². The Morgan fingerprint density at radius 1 is 1.17 bits per heavy atom. The van der Waals surface area contributed by atoms with Gasteiger partial charge in [-0.3, -0.25) is 4.79 Å². The van der Waals surface area contributed by atoms with E-state index in [0.717, 1.165) is 5.56 Å². The van der Waals surface area contributed by atoms with Crippen LogP contribution in [0.1, 0.15) is 30.9 Å². The van der Waals surface area contributed by atoms with Gasteiger partial charge in [0, 0.05) is 32.1 Å². The second kappa shape index (κ2) is 8.10. The van der Waals surface area contributed by atoms with Crippen molar-refractivity contribution in [3.8, 4) is 0 Å². The molecule has 1 atom stereocenters. The Balaban J connectivity index is 1.95. The summed E-state index contributed by atoms with van der Waals surface area (Å²) >= 11 is 0. The molecule has 24 heavy (non-hydrogen) atoms. The average Bonchev–Trinajstić information content (AvgIpc) is 2.52. The average molecular weight is 333 g/mol. The maximum atomic E-state index is 12.7. The highest BCUT2D eigenvalue weighted by molar-refractivity contribution is 5.77. The number of rotatable bonds is 6. The Hall–Kier alpha value is -1.43. The van der Waals surface area contributed by atoms with Gasteiger partial charge in [0.2, 0.25) is 5.91 Å². The predicted molar refractivity (Wildman–Crippen MR) is 96.8 cm³/mol. The summed E-state index contributed by atoms with van der Waals surface area (Å²) in [5.74, 6) is 0.171. The van der Waals surface area contributed by atoms with E-state index in [9.17, 15) is 9.90 Å². The molecule has 0 saturated carbocycles. The van der Waals surface area contributed by atoms with E-state index in [1.807, 2.05) is 56.2 Å². The molecule has 1 fully saturated rings. The van der Waals surface area contributed by atoms with Crippen LogP contribution in [0.15, 0.2) is 30.3 Å². The van der Waals surface area contributed by atoms with Gasteiger partial charge in [-0.05, 0) is 46.6 Å². The van der Waals surface area contributed by atoms with E-state index in [-0.39, 0.29) is 11.9 Å². The van der Waals surface area contributed by atoms with E-state index in [0.29, 0.717) is 38.9 Å². The molecule has 1 aliphatic heterocycles. The van der Waals surface area contributed by atoms with Crippen LogP contribution in [0.25, 0.3) is 0 Å². The molecule has 1 amide bonds. The Labute approximate surface area is 145 Å². The smallest absolute Gasteiger partial charge is 0.224 e. The maximum Gasteiger partial charge on any atom is 0.224 e. The Morgan fingerprint density at radius 3 is 2.25 bits per heavy atom. The molecular formula is C19H31N3O2. The molecule has 1 aromatic carbocycles. The van der Waals surface area contributed by atoms with E-state index >= 15 is 0 Å². The normalized spacial score (nSPS) is 18.9. The zero-order chi connectivity index (χ0) is 17.7. The first kappa shape index (κ1) is 18.9. The third kappa shape index (κ3) is 5.03. The number of aliphatic hydroxyl groups is 1. The summed E-state index contributed by atoms with van der Waals surface area (Å²) in [7, 11) is 7.96.